The maximum Gasteiger partial charge on any atom is 0.410 e. The number of amides is 1. The van der Waals surface area contributed by atoms with Gasteiger partial charge < -0.3 is 14.6 Å². The minimum Gasteiger partial charge on any atom is -0.465 e. The SMILES string of the molecule is C=CCC(C)(OCc1ccccc1)C1COC(C)(C)N1C(=O)O. The van der Waals surface area contributed by atoms with Gasteiger partial charge in [-0.25, -0.2) is 4.79 Å². The number of nitrogens with zero attached hydrogens (tertiary/aromatic N) is 1. The molecule has 1 amide bonds. The Labute approximate surface area is 137 Å². The van der Waals surface area contributed by atoms with E-state index >= 15 is 0 Å². The number of hydrogen-bond donors (Lipinski definition) is 1. The molecular formula is C18H25NO4. The third-order valence-electron chi connectivity index (χ3n) is 4.36. The highest BCUT2D eigenvalue weighted by Gasteiger charge is 2.52. The van der Waals surface area contributed by atoms with Crippen LogP contribution in [0.1, 0.15) is 32.8 Å². The van der Waals surface area contributed by atoms with Crippen LogP contribution in [0.2, 0.25) is 0 Å². The van der Waals surface area contributed by atoms with Crippen molar-refractivity contribution in [2.24, 2.45) is 0 Å². The average Bonchev–Trinajstić information content (AvgIpc) is 2.83. The topological polar surface area (TPSA) is 59.0 Å². The molecule has 126 valence electrons. The quantitative estimate of drug-likeness (QED) is 0.813. The summed E-state index contributed by atoms with van der Waals surface area (Å²) in [5.74, 6) is 0. The van der Waals surface area contributed by atoms with E-state index in [0.717, 1.165) is 5.56 Å². The summed E-state index contributed by atoms with van der Waals surface area (Å²) in [6.07, 6.45) is 1.29. The summed E-state index contributed by atoms with van der Waals surface area (Å²) in [7, 11) is 0. The Morgan fingerprint density at radius 1 is 1.52 bits per heavy atom. The number of rotatable bonds is 6. The molecule has 5 heteroatoms. The number of hydrogen-bond acceptors (Lipinski definition) is 3. The molecule has 0 bridgehead atoms. The molecule has 1 aromatic carbocycles. The normalized spacial score (nSPS) is 22.6. The third-order valence-corrected chi connectivity index (χ3v) is 4.36. The first kappa shape index (κ1) is 17.5. The summed E-state index contributed by atoms with van der Waals surface area (Å²) < 4.78 is 11.9. The van der Waals surface area contributed by atoms with Gasteiger partial charge in [0.2, 0.25) is 0 Å². The molecule has 1 saturated heterocycles. The fraction of sp³-hybridized carbons (Fsp3) is 0.500. The fourth-order valence-corrected chi connectivity index (χ4v) is 3.02. The zero-order chi connectivity index (χ0) is 17.1. The van der Waals surface area contributed by atoms with Crippen molar-refractivity contribution in [3.63, 3.8) is 0 Å². The lowest BCUT2D eigenvalue weighted by atomic mass is 9.91. The summed E-state index contributed by atoms with van der Waals surface area (Å²) in [6, 6.07) is 9.43. The molecule has 0 radical (unpaired) electrons. The van der Waals surface area contributed by atoms with Crippen LogP contribution in [-0.4, -0.2) is 40.1 Å². The number of carbonyl (C=O) groups is 1. The first-order valence-corrected chi connectivity index (χ1v) is 7.75. The minimum absolute atomic E-state index is 0.304. The zero-order valence-corrected chi connectivity index (χ0v) is 14.0. The van der Waals surface area contributed by atoms with Crippen molar-refractivity contribution in [1.82, 2.24) is 4.90 Å². The van der Waals surface area contributed by atoms with E-state index in [-0.39, 0.29) is 0 Å². The summed E-state index contributed by atoms with van der Waals surface area (Å²) in [4.78, 5) is 13.1. The molecule has 2 rings (SSSR count). The molecule has 1 fully saturated rings. The van der Waals surface area contributed by atoms with Gasteiger partial charge in [-0.2, -0.15) is 0 Å². The van der Waals surface area contributed by atoms with Gasteiger partial charge in [0.05, 0.1) is 24.9 Å². The smallest absolute Gasteiger partial charge is 0.410 e. The predicted octanol–water partition coefficient (Wildman–Crippen LogP) is 3.65. The number of carboxylic acid groups (broad SMARTS) is 1. The van der Waals surface area contributed by atoms with Gasteiger partial charge in [0.15, 0.2) is 0 Å². The van der Waals surface area contributed by atoms with Crippen molar-refractivity contribution in [3.05, 3.63) is 48.6 Å². The molecule has 1 heterocycles. The summed E-state index contributed by atoms with van der Waals surface area (Å²) >= 11 is 0. The lowest BCUT2D eigenvalue weighted by Gasteiger charge is -2.40. The molecule has 0 aromatic heterocycles. The van der Waals surface area contributed by atoms with E-state index < -0.39 is 23.5 Å². The second-order valence-corrected chi connectivity index (χ2v) is 6.51. The third kappa shape index (κ3) is 3.74. The fourth-order valence-electron chi connectivity index (χ4n) is 3.02. The Kier molecular flexibility index (Phi) is 5.12. The molecule has 0 spiro atoms. The Morgan fingerprint density at radius 3 is 2.74 bits per heavy atom. The van der Waals surface area contributed by atoms with Crippen LogP contribution in [-0.2, 0) is 16.1 Å². The van der Waals surface area contributed by atoms with Crippen LogP contribution in [0.3, 0.4) is 0 Å². The van der Waals surface area contributed by atoms with Crippen molar-refractivity contribution in [1.29, 1.82) is 0 Å². The maximum atomic E-state index is 11.7. The summed E-state index contributed by atoms with van der Waals surface area (Å²) in [5.41, 5.74) is -0.526. The van der Waals surface area contributed by atoms with Gasteiger partial charge in [-0.05, 0) is 32.8 Å². The zero-order valence-electron chi connectivity index (χ0n) is 14.0. The highest BCUT2D eigenvalue weighted by molar-refractivity contribution is 5.67. The van der Waals surface area contributed by atoms with E-state index in [1.807, 2.05) is 37.3 Å². The molecule has 0 saturated carbocycles. The van der Waals surface area contributed by atoms with Gasteiger partial charge in [-0.1, -0.05) is 36.4 Å². The minimum atomic E-state index is -1.00. The molecule has 23 heavy (non-hydrogen) atoms. The summed E-state index contributed by atoms with van der Waals surface area (Å²) in [6.45, 7) is 9.94. The Bertz CT molecular complexity index is 557. The first-order chi connectivity index (χ1) is 10.8. The second kappa shape index (κ2) is 6.72. The largest absolute Gasteiger partial charge is 0.465 e. The van der Waals surface area contributed by atoms with E-state index in [9.17, 15) is 9.90 Å². The predicted molar refractivity (Wildman–Crippen MR) is 88.1 cm³/mol. The monoisotopic (exact) mass is 319 g/mol. The highest BCUT2D eigenvalue weighted by Crippen LogP contribution is 2.37. The van der Waals surface area contributed by atoms with E-state index in [1.165, 1.54) is 4.90 Å². The molecule has 1 aromatic rings. The molecule has 0 aliphatic carbocycles. The first-order valence-electron chi connectivity index (χ1n) is 7.75. The van der Waals surface area contributed by atoms with Crippen LogP contribution in [0, 0.1) is 0 Å². The van der Waals surface area contributed by atoms with Crippen LogP contribution >= 0.6 is 0 Å². The van der Waals surface area contributed by atoms with Crippen molar-refractivity contribution < 1.29 is 19.4 Å². The molecule has 1 aliphatic heterocycles. The second-order valence-electron chi connectivity index (χ2n) is 6.51. The summed E-state index contributed by atoms with van der Waals surface area (Å²) in [5, 5.41) is 9.60. The van der Waals surface area contributed by atoms with E-state index in [0.29, 0.717) is 19.6 Å². The Hall–Kier alpha value is -1.85. The van der Waals surface area contributed by atoms with Crippen LogP contribution in [0.25, 0.3) is 0 Å². The Balaban J connectivity index is 2.21. The lowest BCUT2D eigenvalue weighted by Crippen LogP contribution is -2.56. The molecular weight excluding hydrogens is 294 g/mol. The Morgan fingerprint density at radius 2 is 2.17 bits per heavy atom. The standard InChI is InChI=1S/C18H25NO4/c1-5-11-18(4,23-12-14-9-7-6-8-10-14)15-13-22-17(2,3)19(15)16(20)21/h5-10,15H,1,11-13H2,2-4H3,(H,20,21). The van der Waals surface area contributed by atoms with Crippen molar-refractivity contribution >= 4 is 6.09 Å². The van der Waals surface area contributed by atoms with E-state index in [1.54, 1.807) is 19.9 Å². The number of ether oxygens (including phenoxy) is 2. The lowest BCUT2D eigenvalue weighted by molar-refractivity contribution is -0.0944. The van der Waals surface area contributed by atoms with Gasteiger partial charge in [0, 0.05) is 0 Å². The number of benzene rings is 1. The van der Waals surface area contributed by atoms with E-state index in [2.05, 4.69) is 6.58 Å². The molecule has 5 nitrogen and oxygen atoms in total. The average molecular weight is 319 g/mol. The van der Waals surface area contributed by atoms with Gasteiger partial charge in [0.25, 0.3) is 0 Å². The molecule has 2 unspecified atom stereocenters. The van der Waals surface area contributed by atoms with E-state index in [4.69, 9.17) is 9.47 Å². The van der Waals surface area contributed by atoms with Crippen molar-refractivity contribution in [2.75, 3.05) is 6.61 Å². The van der Waals surface area contributed by atoms with Crippen molar-refractivity contribution in [2.45, 2.75) is 51.2 Å². The van der Waals surface area contributed by atoms with Gasteiger partial charge in [0.1, 0.15) is 5.72 Å². The van der Waals surface area contributed by atoms with Crippen molar-refractivity contribution in [3.8, 4) is 0 Å². The molecule has 1 aliphatic rings. The molecule has 2 atom stereocenters. The highest BCUT2D eigenvalue weighted by atomic mass is 16.6. The van der Waals surface area contributed by atoms with Crippen LogP contribution in [0.5, 0.6) is 0 Å². The maximum absolute atomic E-state index is 11.7. The van der Waals surface area contributed by atoms with Crippen LogP contribution < -0.4 is 0 Å². The molecule has 1 N–H and O–H groups in total. The van der Waals surface area contributed by atoms with Gasteiger partial charge >= 0.3 is 6.09 Å². The van der Waals surface area contributed by atoms with Gasteiger partial charge in [-0.15, -0.1) is 6.58 Å². The van der Waals surface area contributed by atoms with Gasteiger partial charge in [-0.3, -0.25) is 4.90 Å². The van der Waals surface area contributed by atoms with Crippen LogP contribution in [0.15, 0.2) is 43.0 Å². The van der Waals surface area contributed by atoms with Crippen LogP contribution in [0.4, 0.5) is 4.79 Å².